The lowest BCUT2D eigenvalue weighted by Gasteiger charge is -2.17. The molecule has 0 spiro atoms. The summed E-state index contributed by atoms with van der Waals surface area (Å²) in [5.74, 6) is -1.77. The first-order valence-corrected chi connectivity index (χ1v) is 12.5. The zero-order valence-electron chi connectivity index (χ0n) is 21.3. The van der Waals surface area contributed by atoms with Crippen LogP contribution in [0, 0.1) is 6.92 Å². The van der Waals surface area contributed by atoms with E-state index in [-0.39, 0.29) is 29.6 Å². The Labute approximate surface area is 228 Å². The number of imide groups is 1. The van der Waals surface area contributed by atoms with Crippen molar-refractivity contribution in [2.24, 2.45) is 0 Å². The van der Waals surface area contributed by atoms with Crippen LogP contribution in [0.4, 0.5) is 30.2 Å². The van der Waals surface area contributed by atoms with Crippen molar-refractivity contribution < 1.29 is 27.6 Å². The van der Waals surface area contributed by atoms with Crippen LogP contribution in [0.3, 0.4) is 0 Å². The van der Waals surface area contributed by atoms with Gasteiger partial charge in [-0.15, -0.1) is 0 Å². The Morgan fingerprint density at radius 3 is 2.28 bits per heavy atom. The molecule has 1 aliphatic rings. The van der Waals surface area contributed by atoms with Gasteiger partial charge in [0.05, 0.1) is 17.7 Å². The standard InChI is InChI=1S/C29H25ClF3N3O3/c1-16(2)22-9-4-6-17(3)25(22)35-23(37)14-18-10-12-20(13-11-18)34-26-24(30)27(38)36(28(26)39)21-8-5-7-19(15-21)29(31,32)33/h4-13,15-16,34H,14H2,1-3H3,(H,35,37). The van der Waals surface area contributed by atoms with Gasteiger partial charge < -0.3 is 10.6 Å². The Hall–Kier alpha value is -4.11. The van der Waals surface area contributed by atoms with Crippen molar-refractivity contribution in [3.05, 3.63) is 99.7 Å². The number of rotatable bonds is 7. The van der Waals surface area contributed by atoms with E-state index in [1.54, 1.807) is 24.3 Å². The summed E-state index contributed by atoms with van der Waals surface area (Å²) >= 11 is 6.10. The van der Waals surface area contributed by atoms with Crippen molar-refractivity contribution in [2.75, 3.05) is 15.5 Å². The van der Waals surface area contributed by atoms with E-state index < -0.39 is 28.6 Å². The third-order valence-corrected chi connectivity index (χ3v) is 6.59. The highest BCUT2D eigenvalue weighted by Gasteiger charge is 2.40. The minimum atomic E-state index is -4.64. The van der Waals surface area contributed by atoms with Crippen LogP contribution in [0.15, 0.2) is 77.5 Å². The molecule has 0 saturated heterocycles. The molecule has 6 nitrogen and oxygen atoms in total. The van der Waals surface area contributed by atoms with Gasteiger partial charge in [-0.25, -0.2) is 4.90 Å². The van der Waals surface area contributed by atoms with Crippen LogP contribution in [0.5, 0.6) is 0 Å². The summed E-state index contributed by atoms with van der Waals surface area (Å²) in [6, 6.07) is 16.3. The number of nitrogens with one attached hydrogen (secondary N) is 2. The molecule has 0 radical (unpaired) electrons. The fraction of sp³-hybridized carbons (Fsp3) is 0.207. The molecule has 202 valence electrons. The molecule has 0 bridgehead atoms. The Morgan fingerprint density at radius 2 is 1.64 bits per heavy atom. The molecule has 0 unspecified atom stereocenters. The molecule has 0 saturated carbocycles. The van der Waals surface area contributed by atoms with Gasteiger partial charge in [0.15, 0.2) is 0 Å². The summed E-state index contributed by atoms with van der Waals surface area (Å²) in [5.41, 5.74) is 2.42. The van der Waals surface area contributed by atoms with Crippen molar-refractivity contribution in [1.29, 1.82) is 0 Å². The highest BCUT2D eigenvalue weighted by Crippen LogP contribution is 2.35. The molecule has 39 heavy (non-hydrogen) atoms. The smallest absolute Gasteiger partial charge is 0.350 e. The number of carbonyl (C=O) groups excluding carboxylic acids is 3. The van der Waals surface area contributed by atoms with Gasteiger partial charge >= 0.3 is 6.18 Å². The Kier molecular flexibility index (Phi) is 7.83. The number of carbonyl (C=O) groups is 3. The number of nitrogens with zero attached hydrogens (tertiary/aromatic N) is 1. The largest absolute Gasteiger partial charge is 0.416 e. The van der Waals surface area contributed by atoms with E-state index in [0.717, 1.165) is 28.9 Å². The van der Waals surface area contributed by atoms with Crippen LogP contribution in [0.2, 0.25) is 0 Å². The van der Waals surface area contributed by atoms with Crippen molar-refractivity contribution >= 4 is 46.4 Å². The van der Waals surface area contributed by atoms with Gasteiger partial charge in [0, 0.05) is 11.4 Å². The van der Waals surface area contributed by atoms with Crippen LogP contribution >= 0.6 is 11.6 Å². The molecule has 2 N–H and O–H groups in total. The third-order valence-electron chi connectivity index (χ3n) is 6.24. The van der Waals surface area contributed by atoms with E-state index in [2.05, 4.69) is 24.5 Å². The highest BCUT2D eigenvalue weighted by molar-refractivity contribution is 6.53. The SMILES string of the molecule is Cc1cccc(C(C)C)c1NC(=O)Cc1ccc(NC2=C(Cl)C(=O)N(c3cccc(C(F)(F)F)c3)C2=O)cc1. The second kappa shape index (κ2) is 10.9. The minimum Gasteiger partial charge on any atom is -0.350 e. The quantitative estimate of drug-likeness (QED) is 0.316. The Balaban J connectivity index is 1.45. The summed E-state index contributed by atoms with van der Waals surface area (Å²) in [6.45, 7) is 6.05. The lowest BCUT2D eigenvalue weighted by molar-refractivity contribution is -0.137. The van der Waals surface area contributed by atoms with E-state index in [9.17, 15) is 27.6 Å². The first-order chi connectivity index (χ1) is 18.4. The van der Waals surface area contributed by atoms with Crippen LogP contribution < -0.4 is 15.5 Å². The summed E-state index contributed by atoms with van der Waals surface area (Å²) < 4.78 is 39.3. The molecule has 0 aromatic heterocycles. The maximum absolute atomic E-state index is 13.1. The maximum Gasteiger partial charge on any atom is 0.416 e. The van der Waals surface area contributed by atoms with E-state index >= 15 is 0 Å². The van der Waals surface area contributed by atoms with Crippen molar-refractivity contribution in [2.45, 2.75) is 39.3 Å². The average molecular weight is 556 g/mol. The van der Waals surface area contributed by atoms with Crippen LogP contribution in [-0.2, 0) is 27.0 Å². The second-order valence-electron chi connectivity index (χ2n) is 9.42. The predicted molar refractivity (Wildman–Crippen MR) is 144 cm³/mol. The van der Waals surface area contributed by atoms with E-state index in [1.165, 1.54) is 6.07 Å². The molecule has 10 heteroatoms. The van der Waals surface area contributed by atoms with Crippen LogP contribution in [-0.4, -0.2) is 17.7 Å². The molecule has 0 aliphatic carbocycles. The maximum atomic E-state index is 13.1. The van der Waals surface area contributed by atoms with Gasteiger partial charge in [-0.3, -0.25) is 14.4 Å². The fourth-order valence-electron chi connectivity index (χ4n) is 4.23. The first-order valence-electron chi connectivity index (χ1n) is 12.1. The zero-order valence-corrected chi connectivity index (χ0v) is 22.1. The summed E-state index contributed by atoms with van der Waals surface area (Å²) in [4.78, 5) is 38.9. The number of amides is 3. The topological polar surface area (TPSA) is 78.5 Å². The highest BCUT2D eigenvalue weighted by atomic mass is 35.5. The predicted octanol–water partition coefficient (Wildman–Crippen LogP) is 6.75. The molecule has 3 amide bonds. The molecular formula is C29H25ClF3N3O3. The lowest BCUT2D eigenvalue weighted by atomic mass is 9.98. The van der Waals surface area contributed by atoms with Gasteiger partial charge in [0.25, 0.3) is 11.8 Å². The van der Waals surface area contributed by atoms with Gasteiger partial charge in [-0.2, -0.15) is 13.2 Å². The number of alkyl halides is 3. The third kappa shape index (κ3) is 5.98. The number of aryl methyl sites for hydroxylation is 1. The van der Waals surface area contributed by atoms with Crippen molar-refractivity contribution in [3.8, 4) is 0 Å². The van der Waals surface area contributed by atoms with Crippen LogP contribution in [0.1, 0.15) is 42.0 Å². The van der Waals surface area contributed by atoms with Crippen molar-refractivity contribution in [1.82, 2.24) is 0 Å². The number of hydrogen-bond donors (Lipinski definition) is 2. The molecule has 3 aromatic rings. The second-order valence-corrected chi connectivity index (χ2v) is 9.80. The number of anilines is 3. The fourth-order valence-corrected chi connectivity index (χ4v) is 4.44. The zero-order chi connectivity index (χ0) is 28.5. The number of para-hydroxylation sites is 1. The first kappa shape index (κ1) is 27.9. The van der Waals surface area contributed by atoms with Gasteiger partial charge in [0.2, 0.25) is 5.91 Å². The molecular weight excluding hydrogens is 531 g/mol. The molecule has 1 heterocycles. The van der Waals surface area contributed by atoms with Gasteiger partial charge in [0.1, 0.15) is 10.7 Å². The Morgan fingerprint density at radius 1 is 0.974 bits per heavy atom. The number of halogens is 4. The molecule has 0 fully saturated rings. The lowest BCUT2D eigenvalue weighted by Crippen LogP contribution is -2.32. The minimum absolute atomic E-state index is 0.107. The summed E-state index contributed by atoms with van der Waals surface area (Å²) in [5, 5.41) is 5.33. The Bertz CT molecular complexity index is 1480. The number of hydrogen-bond acceptors (Lipinski definition) is 4. The van der Waals surface area contributed by atoms with Gasteiger partial charge in [-0.1, -0.05) is 61.8 Å². The van der Waals surface area contributed by atoms with Crippen LogP contribution in [0.25, 0.3) is 0 Å². The monoisotopic (exact) mass is 555 g/mol. The average Bonchev–Trinajstić information content (AvgIpc) is 3.08. The van der Waals surface area contributed by atoms with Crippen molar-refractivity contribution in [3.63, 3.8) is 0 Å². The normalized spacial score (nSPS) is 13.9. The summed E-state index contributed by atoms with van der Waals surface area (Å²) in [6.07, 6.45) is -4.54. The number of benzene rings is 3. The molecule has 1 aliphatic heterocycles. The van der Waals surface area contributed by atoms with E-state index in [1.807, 2.05) is 25.1 Å². The van der Waals surface area contributed by atoms with E-state index in [4.69, 9.17) is 11.6 Å². The molecule has 0 atom stereocenters. The van der Waals surface area contributed by atoms with Gasteiger partial charge in [-0.05, 0) is 59.9 Å². The molecule has 4 rings (SSSR count). The molecule has 3 aromatic carbocycles. The van der Waals surface area contributed by atoms with E-state index in [0.29, 0.717) is 22.2 Å². The summed E-state index contributed by atoms with van der Waals surface area (Å²) in [7, 11) is 0.